The summed E-state index contributed by atoms with van der Waals surface area (Å²) in [5.41, 5.74) is 2.47. The molecule has 3 rings (SSSR count). The average molecular weight is 342 g/mol. The fraction of sp³-hybridized carbons (Fsp3) is 0.682. The third-order valence-electron chi connectivity index (χ3n) is 5.73. The van der Waals surface area contributed by atoms with Crippen molar-refractivity contribution in [1.82, 2.24) is 14.5 Å². The summed E-state index contributed by atoms with van der Waals surface area (Å²) in [5.74, 6) is 1.28. The van der Waals surface area contributed by atoms with Crippen LogP contribution in [0.2, 0.25) is 0 Å². The van der Waals surface area contributed by atoms with E-state index in [1.165, 1.54) is 82.2 Å². The van der Waals surface area contributed by atoms with Crippen molar-refractivity contribution >= 4 is 11.0 Å². The molecule has 25 heavy (non-hydrogen) atoms. The van der Waals surface area contributed by atoms with Gasteiger partial charge in [0.1, 0.15) is 5.82 Å². The van der Waals surface area contributed by atoms with Gasteiger partial charge in [-0.15, -0.1) is 0 Å². The summed E-state index contributed by atoms with van der Waals surface area (Å²) in [6.45, 7) is 8.20. The highest BCUT2D eigenvalue weighted by atomic mass is 15.2. The van der Waals surface area contributed by atoms with Gasteiger partial charge in [0.25, 0.3) is 0 Å². The van der Waals surface area contributed by atoms with Gasteiger partial charge in [0.2, 0.25) is 0 Å². The lowest BCUT2D eigenvalue weighted by atomic mass is 10.1. The maximum absolute atomic E-state index is 5.05. The summed E-state index contributed by atoms with van der Waals surface area (Å²) >= 11 is 0. The number of benzene rings is 1. The van der Waals surface area contributed by atoms with Crippen LogP contribution in [0.15, 0.2) is 24.3 Å². The number of hydrogen-bond donors (Lipinski definition) is 0. The van der Waals surface area contributed by atoms with E-state index in [2.05, 4.69) is 47.6 Å². The smallest absolute Gasteiger partial charge is 0.127 e. The van der Waals surface area contributed by atoms with E-state index in [9.17, 15) is 0 Å². The van der Waals surface area contributed by atoms with Gasteiger partial charge in [-0.3, -0.25) is 4.90 Å². The Morgan fingerprint density at radius 3 is 2.44 bits per heavy atom. The van der Waals surface area contributed by atoms with E-state index in [1.807, 2.05) is 0 Å². The number of para-hydroxylation sites is 2. The molecule has 1 aromatic carbocycles. The molecular formula is C22H35N3. The lowest BCUT2D eigenvalue weighted by Crippen LogP contribution is -2.30. The summed E-state index contributed by atoms with van der Waals surface area (Å²) in [6.07, 6.45) is 12.1. The summed E-state index contributed by atoms with van der Waals surface area (Å²) < 4.78 is 2.51. The van der Waals surface area contributed by atoms with E-state index in [1.54, 1.807) is 0 Å². The van der Waals surface area contributed by atoms with Crippen molar-refractivity contribution in [2.45, 2.75) is 84.2 Å². The predicted molar refractivity (Wildman–Crippen MR) is 107 cm³/mol. The first-order valence-corrected chi connectivity index (χ1v) is 10.5. The second kappa shape index (κ2) is 9.38. The van der Waals surface area contributed by atoms with Crippen LogP contribution in [-0.4, -0.2) is 27.5 Å². The second-order valence-electron chi connectivity index (χ2n) is 7.65. The van der Waals surface area contributed by atoms with Gasteiger partial charge in [0.15, 0.2) is 0 Å². The normalized spacial score (nSPS) is 17.7. The maximum atomic E-state index is 5.05. The van der Waals surface area contributed by atoms with Crippen molar-refractivity contribution in [3.63, 3.8) is 0 Å². The van der Waals surface area contributed by atoms with Crippen LogP contribution in [0, 0.1) is 0 Å². The van der Waals surface area contributed by atoms with Crippen LogP contribution in [0.25, 0.3) is 11.0 Å². The maximum Gasteiger partial charge on any atom is 0.127 e. The number of imidazole rings is 1. The monoisotopic (exact) mass is 341 g/mol. The van der Waals surface area contributed by atoms with Crippen LogP contribution in [0.5, 0.6) is 0 Å². The van der Waals surface area contributed by atoms with Gasteiger partial charge in [0, 0.05) is 6.54 Å². The van der Waals surface area contributed by atoms with Gasteiger partial charge >= 0.3 is 0 Å². The number of likely N-dealkylation sites (tertiary alicyclic amines) is 1. The van der Waals surface area contributed by atoms with Gasteiger partial charge in [-0.05, 0) is 51.4 Å². The average Bonchev–Trinajstić information content (AvgIpc) is 2.81. The van der Waals surface area contributed by atoms with Crippen molar-refractivity contribution in [2.75, 3.05) is 13.1 Å². The number of nitrogens with zero attached hydrogens (tertiary/aromatic N) is 3. The third kappa shape index (κ3) is 4.63. The van der Waals surface area contributed by atoms with Crippen LogP contribution in [0.1, 0.15) is 83.5 Å². The number of hydrogen-bond acceptors (Lipinski definition) is 2. The molecule has 0 saturated carbocycles. The van der Waals surface area contributed by atoms with Crippen LogP contribution in [0.4, 0.5) is 0 Å². The molecule has 138 valence electrons. The summed E-state index contributed by atoms with van der Waals surface area (Å²) in [5, 5.41) is 0. The summed E-state index contributed by atoms with van der Waals surface area (Å²) in [4.78, 5) is 7.71. The molecular weight excluding hydrogens is 306 g/mol. The molecule has 0 radical (unpaired) electrons. The molecule has 1 aliphatic rings. The van der Waals surface area contributed by atoms with Crippen LogP contribution < -0.4 is 0 Å². The fourth-order valence-corrected chi connectivity index (χ4v) is 4.17. The highest BCUT2D eigenvalue weighted by Crippen LogP contribution is 2.27. The third-order valence-corrected chi connectivity index (χ3v) is 5.73. The van der Waals surface area contributed by atoms with Gasteiger partial charge in [-0.25, -0.2) is 4.98 Å². The number of fused-ring (bicyclic) bond motifs is 1. The molecule has 1 atom stereocenters. The lowest BCUT2D eigenvalue weighted by Gasteiger charge is -2.27. The zero-order valence-electron chi connectivity index (χ0n) is 16.2. The molecule has 1 aliphatic heterocycles. The second-order valence-corrected chi connectivity index (χ2v) is 7.65. The van der Waals surface area contributed by atoms with Crippen molar-refractivity contribution in [2.24, 2.45) is 0 Å². The topological polar surface area (TPSA) is 21.1 Å². The minimum atomic E-state index is 0.418. The first kappa shape index (κ1) is 18.4. The SMILES string of the molecule is CCCCCCCn1c(C(C)N2CCCCCC2)nc2ccccc21. The number of aromatic nitrogens is 2. The summed E-state index contributed by atoms with van der Waals surface area (Å²) in [6, 6.07) is 9.09. The molecule has 2 aromatic rings. The Morgan fingerprint density at radius 2 is 1.68 bits per heavy atom. The predicted octanol–water partition coefficient (Wildman–Crippen LogP) is 5.94. The lowest BCUT2D eigenvalue weighted by molar-refractivity contribution is 0.207. The molecule has 1 aromatic heterocycles. The molecule has 1 fully saturated rings. The van der Waals surface area contributed by atoms with Gasteiger partial charge in [-0.1, -0.05) is 57.6 Å². The molecule has 0 bridgehead atoms. The molecule has 2 heterocycles. The van der Waals surface area contributed by atoms with E-state index in [4.69, 9.17) is 4.98 Å². The largest absolute Gasteiger partial charge is 0.327 e. The highest BCUT2D eigenvalue weighted by Gasteiger charge is 2.22. The zero-order valence-corrected chi connectivity index (χ0v) is 16.2. The zero-order chi connectivity index (χ0) is 17.5. The highest BCUT2D eigenvalue weighted by molar-refractivity contribution is 5.76. The minimum Gasteiger partial charge on any atom is -0.327 e. The Kier molecular flexibility index (Phi) is 6.92. The first-order chi connectivity index (χ1) is 12.3. The van der Waals surface area contributed by atoms with Crippen LogP contribution in [-0.2, 0) is 6.54 Å². The molecule has 0 amide bonds. The van der Waals surface area contributed by atoms with Crippen LogP contribution in [0.3, 0.4) is 0 Å². The number of aryl methyl sites for hydroxylation is 1. The van der Waals surface area contributed by atoms with E-state index < -0.39 is 0 Å². The van der Waals surface area contributed by atoms with E-state index in [-0.39, 0.29) is 0 Å². The number of unbranched alkanes of at least 4 members (excludes halogenated alkanes) is 4. The number of rotatable bonds is 8. The van der Waals surface area contributed by atoms with E-state index >= 15 is 0 Å². The molecule has 0 spiro atoms. The quantitative estimate of drug-likeness (QED) is 0.554. The van der Waals surface area contributed by atoms with Gasteiger partial charge in [0.05, 0.1) is 17.1 Å². The van der Waals surface area contributed by atoms with Crippen molar-refractivity contribution < 1.29 is 0 Å². The van der Waals surface area contributed by atoms with Crippen molar-refractivity contribution in [3.8, 4) is 0 Å². The Hall–Kier alpha value is -1.35. The minimum absolute atomic E-state index is 0.418. The standard InChI is InChI=1S/C22H35N3/c1-3-4-5-6-13-18-25-21-15-10-9-14-20(21)23-22(25)19(2)24-16-11-7-8-12-17-24/h9-10,14-15,19H,3-8,11-13,16-18H2,1-2H3. The van der Waals surface area contributed by atoms with E-state index in [0.717, 1.165) is 12.1 Å². The molecule has 3 nitrogen and oxygen atoms in total. The Balaban J connectivity index is 1.79. The first-order valence-electron chi connectivity index (χ1n) is 10.5. The van der Waals surface area contributed by atoms with Crippen LogP contribution >= 0.6 is 0 Å². The van der Waals surface area contributed by atoms with Gasteiger partial charge in [-0.2, -0.15) is 0 Å². The fourth-order valence-electron chi connectivity index (χ4n) is 4.17. The van der Waals surface area contributed by atoms with Crippen molar-refractivity contribution in [3.05, 3.63) is 30.1 Å². The molecule has 1 saturated heterocycles. The Morgan fingerprint density at radius 1 is 0.960 bits per heavy atom. The molecule has 3 heteroatoms. The molecule has 0 N–H and O–H groups in total. The Bertz CT molecular complexity index is 638. The molecule has 1 unspecified atom stereocenters. The summed E-state index contributed by atoms with van der Waals surface area (Å²) in [7, 11) is 0. The van der Waals surface area contributed by atoms with E-state index in [0.29, 0.717) is 6.04 Å². The van der Waals surface area contributed by atoms with Crippen molar-refractivity contribution in [1.29, 1.82) is 0 Å². The van der Waals surface area contributed by atoms with Gasteiger partial charge < -0.3 is 4.57 Å². The Labute approximate surface area is 153 Å². The molecule has 0 aliphatic carbocycles.